The molecule has 0 unspecified atom stereocenters. The van der Waals surface area contributed by atoms with Crippen LogP contribution in [0.2, 0.25) is 0 Å². The number of amides is 1. The van der Waals surface area contributed by atoms with E-state index in [1.165, 1.54) is 0 Å². The number of ether oxygens (including phenoxy) is 1. The van der Waals surface area contributed by atoms with E-state index in [-0.39, 0.29) is 11.8 Å². The molecule has 188 valence electrons. The molecule has 9 heteroatoms. The van der Waals surface area contributed by atoms with E-state index < -0.39 is 0 Å². The zero-order valence-corrected chi connectivity index (χ0v) is 20.6. The second-order valence-corrected chi connectivity index (χ2v) is 9.53. The number of para-hydroxylation sites is 2. The van der Waals surface area contributed by atoms with Gasteiger partial charge in [-0.3, -0.25) is 4.79 Å². The van der Waals surface area contributed by atoms with Crippen LogP contribution < -0.4 is 9.64 Å². The van der Waals surface area contributed by atoms with E-state index in [1.54, 1.807) is 11.0 Å². The number of rotatable bonds is 4. The van der Waals surface area contributed by atoms with Crippen LogP contribution in [0.5, 0.6) is 11.5 Å². The number of hydrogen-bond acceptors (Lipinski definition) is 7. The van der Waals surface area contributed by atoms with Crippen molar-refractivity contribution in [1.82, 2.24) is 29.9 Å². The highest BCUT2D eigenvalue weighted by atomic mass is 16.5. The number of nitrogens with zero attached hydrogens (tertiary/aromatic N) is 7. The molecule has 4 heterocycles. The number of carbonyl (C=O) groups excluding carboxylic acids is 1. The van der Waals surface area contributed by atoms with E-state index in [4.69, 9.17) is 4.74 Å². The number of hydrogen-bond donors (Lipinski definition) is 0. The summed E-state index contributed by atoms with van der Waals surface area (Å²) in [5.74, 6) is 1.94. The van der Waals surface area contributed by atoms with Crippen LogP contribution in [0.15, 0.2) is 85.2 Å². The molecule has 0 radical (unpaired) electrons. The van der Waals surface area contributed by atoms with E-state index in [1.807, 2.05) is 71.6 Å². The quantitative estimate of drug-likeness (QED) is 0.368. The molecule has 7 rings (SSSR count). The zero-order chi connectivity index (χ0) is 25.5. The maximum atomic E-state index is 13.9. The third-order valence-corrected chi connectivity index (χ3v) is 7.27. The van der Waals surface area contributed by atoms with Crippen molar-refractivity contribution in [3.8, 4) is 11.5 Å². The first-order valence-electron chi connectivity index (χ1n) is 12.7. The molecular weight excluding hydrogens is 478 g/mol. The van der Waals surface area contributed by atoms with Crippen molar-refractivity contribution >= 4 is 22.9 Å². The molecule has 9 nitrogen and oxygen atoms in total. The summed E-state index contributed by atoms with van der Waals surface area (Å²) in [6.45, 7) is 3.06. The van der Waals surface area contributed by atoms with Gasteiger partial charge in [-0.1, -0.05) is 71.9 Å². The zero-order valence-electron chi connectivity index (χ0n) is 20.6. The molecule has 1 amide bonds. The average molecular weight is 504 g/mol. The summed E-state index contributed by atoms with van der Waals surface area (Å²) in [5, 5.41) is 8.77. The Balaban J connectivity index is 1.11. The second-order valence-electron chi connectivity index (χ2n) is 9.53. The lowest BCUT2D eigenvalue weighted by atomic mass is 9.86. The Kier molecular flexibility index (Phi) is 5.46. The summed E-state index contributed by atoms with van der Waals surface area (Å²) >= 11 is 0. The summed E-state index contributed by atoms with van der Waals surface area (Å²) in [6.07, 6.45) is 1.57. The van der Waals surface area contributed by atoms with Crippen LogP contribution in [0.4, 0.5) is 5.82 Å². The second kappa shape index (κ2) is 9.26. The topological polar surface area (TPSA) is 89.3 Å². The fourth-order valence-corrected chi connectivity index (χ4v) is 5.37. The molecule has 1 fully saturated rings. The summed E-state index contributed by atoms with van der Waals surface area (Å²) < 4.78 is 7.89. The standard InChI is InChI=1S/C29H25N7O2/c37-29(25-21-10-4-6-12-23(21)38-24-13-7-5-11-22(24)25)35-16-14-34(15-17-35)27-26-28(31-19-30-27)36(33-32-26)18-20-8-2-1-3-9-20/h1-13,19,25H,14-18H2. The van der Waals surface area contributed by atoms with Gasteiger partial charge in [-0.25, -0.2) is 14.6 Å². The van der Waals surface area contributed by atoms with Crippen molar-refractivity contribution in [3.05, 3.63) is 102 Å². The highest BCUT2D eigenvalue weighted by molar-refractivity contribution is 5.90. The number of fused-ring (bicyclic) bond motifs is 3. The third kappa shape index (κ3) is 3.83. The molecule has 38 heavy (non-hydrogen) atoms. The molecule has 0 N–H and O–H groups in total. The van der Waals surface area contributed by atoms with Crippen LogP contribution in [0.25, 0.3) is 11.2 Å². The number of piperazine rings is 1. The Morgan fingerprint density at radius 3 is 2.18 bits per heavy atom. The Morgan fingerprint density at radius 1 is 0.816 bits per heavy atom. The first-order chi connectivity index (χ1) is 18.8. The fourth-order valence-electron chi connectivity index (χ4n) is 5.37. The Hall–Kier alpha value is -4.79. The molecule has 2 aliphatic heterocycles. The van der Waals surface area contributed by atoms with E-state index in [9.17, 15) is 4.79 Å². The van der Waals surface area contributed by atoms with Crippen LogP contribution in [0.3, 0.4) is 0 Å². The molecule has 0 saturated carbocycles. The van der Waals surface area contributed by atoms with E-state index in [0.717, 1.165) is 34.0 Å². The van der Waals surface area contributed by atoms with Gasteiger partial charge in [0.1, 0.15) is 17.8 Å². The molecule has 3 aromatic carbocycles. The summed E-state index contributed by atoms with van der Waals surface area (Å²) in [4.78, 5) is 27.0. The number of carbonyl (C=O) groups is 1. The molecular formula is C29H25N7O2. The normalized spacial score (nSPS) is 15.2. The smallest absolute Gasteiger partial charge is 0.234 e. The fraction of sp³-hybridized carbons (Fsp3) is 0.207. The van der Waals surface area contributed by atoms with E-state index in [0.29, 0.717) is 43.9 Å². The first-order valence-corrected chi connectivity index (χ1v) is 12.7. The Labute approximate surface area is 219 Å². The lowest BCUT2D eigenvalue weighted by Crippen LogP contribution is -2.50. The predicted octanol–water partition coefficient (Wildman–Crippen LogP) is 3.86. The monoisotopic (exact) mass is 503 g/mol. The van der Waals surface area contributed by atoms with E-state index in [2.05, 4.69) is 37.3 Å². The largest absolute Gasteiger partial charge is 0.457 e. The molecule has 1 saturated heterocycles. The van der Waals surface area contributed by atoms with Crippen molar-refractivity contribution < 1.29 is 9.53 Å². The number of anilines is 1. The van der Waals surface area contributed by atoms with Crippen molar-refractivity contribution in [3.63, 3.8) is 0 Å². The minimum atomic E-state index is -0.383. The maximum Gasteiger partial charge on any atom is 0.234 e. The van der Waals surface area contributed by atoms with Crippen LogP contribution in [0.1, 0.15) is 22.6 Å². The summed E-state index contributed by atoms with van der Waals surface area (Å²) in [7, 11) is 0. The number of aromatic nitrogens is 5. The van der Waals surface area contributed by atoms with Crippen LogP contribution in [-0.4, -0.2) is 61.9 Å². The first kappa shape index (κ1) is 22.4. The molecule has 0 aliphatic carbocycles. The van der Waals surface area contributed by atoms with Gasteiger partial charge >= 0.3 is 0 Å². The van der Waals surface area contributed by atoms with Gasteiger partial charge in [0.05, 0.1) is 12.5 Å². The molecule has 2 aromatic heterocycles. The molecule has 0 spiro atoms. The molecule has 5 aromatic rings. The van der Waals surface area contributed by atoms with Gasteiger partial charge in [0.2, 0.25) is 5.91 Å². The Bertz CT molecular complexity index is 1580. The maximum absolute atomic E-state index is 13.9. The molecule has 2 aliphatic rings. The van der Waals surface area contributed by atoms with Gasteiger partial charge in [-0.05, 0) is 17.7 Å². The van der Waals surface area contributed by atoms with E-state index >= 15 is 0 Å². The highest BCUT2D eigenvalue weighted by Crippen LogP contribution is 2.44. The third-order valence-electron chi connectivity index (χ3n) is 7.27. The summed E-state index contributed by atoms with van der Waals surface area (Å²) in [6, 6.07) is 25.7. The van der Waals surface area contributed by atoms with Gasteiger partial charge in [-0.2, -0.15) is 0 Å². The minimum absolute atomic E-state index is 0.0921. The van der Waals surface area contributed by atoms with Crippen molar-refractivity contribution in [2.24, 2.45) is 0 Å². The molecule has 0 bridgehead atoms. The van der Waals surface area contributed by atoms with Gasteiger partial charge < -0.3 is 14.5 Å². The highest BCUT2D eigenvalue weighted by Gasteiger charge is 2.36. The SMILES string of the molecule is O=C(C1c2ccccc2Oc2ccccc21)N1CCN(c2ncnc3c2nnn3Cc2ccccc2)CC1. The van der Waals surface area contributed by atoms with Crippen LogP contribution in [-0.2, 0) is 11.3 Å². The molecule has 0 atom stereocenters. The van der Waals surface area contributed by atoms with Gasteiger partial charge in [-0.15, -0.1) is 5.10 Å². The van der Waals surface area contributed by atoms with Crippen molar-refractivity contribution in [2.75, 3.05) is 31.1 Å². The van der Waals surface area contributed by atoms with Crippen LogP contribution >= 0.6 is 0 Å². The van der Waals surface area contributed by atoms with Gasteiger partial charge in [0.15, 0.2) is 17.0 Å². The van der Waals surface area contributed by atoms with Gasteiger partial charge in [0, 0.05) is 37.3 Å². The van der Waals surface area contributed by atoms with Crippen molar-refractivity contribution in [1.29, 1.82) is 0 Å². The van der Waals surface area contributed by atoms with Crippen molar-refractivity contribution in [2.45, 2.75) is 12.5 Å². The Morgan fingerprint density at radius 2 is 1.47 bits per heavy atom. The average Bonchev–Trinajstić information content (AvgIpc) is 3.39. The van der Waals surface area contributed by atoms with Gasteiger partial charge in [0.25, 0.3) is 0 Å². The number of benzene rings is 3. The summed E-state index contributed by atoms with van der Waals surface area (Å²) in [5.41, 5.74) is 4.32. The predicted molar refractivity (Wildman–Crippen MR) is 142 cm³/mol. The lowest BCUT2D eigenvalue weighted by Gasteiger charge is -2.38. The van der Waals surface area contributed by atoms with Crippen LogP contribution in [0, 0.1) is 0 Å². The lowest BCUT2D eigenvalue weighted by molar-refractivity contribution is -0.132. The minimum Gasteiger partial charge on any atom is -0.457 e.